The molecule has 0 aliphatic rings. The molecule has 5 heteroatoms. The van der Waals surface area contributed by atoms with Crippen LogP contribution in [-0.4, -0.2) is 9.52 Å². The Bertz CT molecular complexity index is 811. The van der Waals surface area contributed by atoms with Gasteiger partial charge in [-0.2, -0.15) is 17.3 Å². The minimum absolute atomic E-state index is 0. The van der Waals surface area contributed by atoms with Crippen LogP contribution in [0.2, 0.25) is 0 Å². The summed E-state index contributed by atoms with van der Waals surface area (Å²) < 4.78 is 0. The number of aryl methyl sites for hydroxylation is 3. The molecular weight excluding hydrogens is 471 g/mol. The molecular formula is C24H29Cl3SiTi. The second kappa shape index (κ2) is 15.4. The number of unbranched alkanes of at least 4 members (excludes halogenated alkanes) is 2. The van der Waals surface area contributed by atoms with Gasteiger partial charge in [0.25, 0.3) is 0 Å². The van der Waals surface area contributed by atoms with Crippen molar-refractivity contribution in [2.75, 3.05) is 0 Å². The van der Waals surface area contributed by atoms with Crippen LogP contribution in [0.5, 0.6) is 0 Å². The van der Waals surface area contributed by atoms with E-state index < -0.39 is 9.52 Å². The zero-order chi connectivity index (χ0) is 17.6. The van der Waals surface area contributed by atoms with E-state index in [1.165, 1.54) is 47.9 Å². The van der Waals surface area contributed by atoms with Crippen molar-refractivity contribution in [1.29, 1.82) is 0 Å². The van der Waals surface area contributed by atoms with E-state index in [0.717, 1.165) is 0 Å². The van der Waals surface area contributed by atoms with Crippen molar-refractivity contribution in [2.45, 2.75) is 46.5 Å². The second-order valence-electron chi connectivity index (χ2n) is 7.25. The number of hydrogen-bond acceptors (Lipinski definition) is 0. The fraction of sp³-hybridized carbons (Fsp3) is 0.292. The molecule has 3 rings (SSSR count). The Balaban J connectivity index is 0. The molecule has 3 aromatic rings. The molecule has 0 saturated carbocycles. The summed E-state index contributed by atoms with van der Waals surface area (Å²) in [6.45, 7) is 6.70. The van der Waals surface area contributed by atoms with E-state index in [4.69, 9.17) is 0 Å². The molecule has 0 aliphatic carbocycles. The maximum atomic E-state index is 2.41. The first kappa shape index (κ1) is 30.8. The molecule has 154 valence electrons. The average molecular weight is 500 g/mol. The molecule has 0 atom stereocenters. The van der Waals surface area contributed by atoms with E-state index in [-0.39, 0.29) is 58.9 Å². The van der Waals surface area contributed by atoms with E-state index in [9.17, 15) is 0 Å². The summed E-state index contributed by atoms with van der Waals surface area (Å²) in [5.41, 5.74) is 7.25. The fourth-order valence-corrected chi connectivity index (χ4v) is 5.99. The molecule has 0 saturated heterocycles. The van der Waals surface area contributed by atoms with Crippen LogP contribution in [0.3, 0.4) is 0 Å². The third-order valence-electron chi connectivity index (χ3n) is 4.92. The molecule has 0 nitrogen and oxygen atoms in total. The first-order chi connectivity index (χ1) is 12.2. The second-order valence-corrected chi connectivity index (χ2v) is 9.19. The molecule has 3 aromatic carbocycles. The predicted octanol–water partition coefficient (Wildman–Crippen LogP) is -4.45. The standard InChI is InChI=1S/C24H29Si.3ClH.Ti/c1-4-5-7-10-21-13-14-23(24(21)20-11-8-6-9-12-20)25-22-16-18(2)15-19(3)17-22;;;;/h6,8-9,11-17H,4-5,7,10,25H2,1-3H3;3*1H;/q-1;;;;+4/p-3. The van der Waals surface area contributed by atoms with Gasteiger partial charge in [-0.25, -0.2) is 0 Å². The van der Waals surface area contributed by atoms with Gasteiger partial charge in [-0.1, -0.05) is 103 Å². The molecule has 0 aromatic heterocycles. The Morgan fingerprint density at radius 2 is 1.45 bits per heavy atom. The van der Waals surface area contributed by atoms with Crippen molar-refractivity contribution in [3.8, 4) is 11.1 Å². The Hall–Kier alpha value is -0.409. The largest absolute Gasteiger partial charge is 4.00 e. The van der Waals surface area contributed by atoms with E-state index in [2.05, 4.69) is 81.4 Å². The Labute approximate surface area is 212 Å². The summed E-state index contributed by atoms with van der Waals surface area (Å²) in [5.74, 6) is 0. The number of halogens is 3. The maximum absolute atomic E-state index is 2.41. The van der Waals surface area contributed by atoms with Gasteiger partial charge in [-0.3, -0.25) is 0 Å². The van der Waals surface area contributed by atoms with Crippen LogP contribution < -0.4 is 47.6 Å². The van der Waals surface area contributed by atoms with Crippen molar-refractivity contribution in [2.24, 2.45) is 0 Å². The van der Waals surface area contributed by atoms with Gasteiger partial charge in [-0.05, 0) is 13.8 Å². The zero-order valence-electron chi connectivity index (χ0n) is 17.4. The van der Waals surface area contributed by atoms with Gasteiger partial charge in [0.05, 0.1) is 0 Å². The molecule has 0 bridgehead atoms. The van der Waals surface area contributed by atoms with Crippen LogP contribution in [0.15, 0.2) is 60.7 Å². The van der Waals surface area contributed by atoms with Crippen LogP contribution >= 0.6 is 0 Å². The minimum Gasteiger partial charge on any atom is -1.00 e. The van der Waals surface area contributed by atoms with Crippen LogP contribution in [-0.2, 0) is 28.1 Å². The van der Waals surface area contributed by atoms with Gasteiger partial charge in [0, 0.05) is 9.52 Å². The van der Waals surface area contributed by atoms with Gasteiger partial charge in [-0.15, -0.1) is 11.1 Å². The SMILES string of the molecule is CCCCC[c-]1ccc([SiH2]c2cc(C)cc(C)c2)c1-c1ccccc1.[Cl-].[Cl-].[Cl-].[Ti+4]. The molecule has 0 unspecified atom stereocenters. The molecule has 0 fully saturated rings. The van der Waals surface area contributed by atoms with Gasteiger partial charge in [0.1, 0.15) is 0 Å². The summed E-state index contributed by atoms with van der Waals surface area (Å²) in [7, 11) is -0.457. The minimum atomic E-state index is -0.457. The topological polar surface area (TPSA) is 0 Å². The zero-order valence-corrected chi connectivity index (χ0v) is 22.7. The summed E-state index contributed by atoms with van der Waals surface area (Å²) >= 11 is 0. The molecule has 29 heavy (non-hydrogen) atoms. The van der Waals surface area contributed by atoms with Crippen LogP contribution in [0.25, 0.3) is 11.1 Å². The van der Waals surface area contributed by atoms with Crippen molar-refractivity contribution in [3.63, 3.8) is 0 Å². The normalized spacial score (nSPS) is 9.90. The molecule has 0 radical (unpaired) electrons. The maximum Gasteiger partial charge on any atom is 4.00 e. The van der Waals surface area contributed by atoms with Crippen molar-refractivity contribution in [1.82, 2.24) is 0 Å². The van der Waals surface area contributed by atoms with Crippen LogP contribution in [0, 0.1) is 13.8 Å². The van der Waals surface area contributed by atoms with E-state index in [1.54, 1.807) is 15.9 Å². The summed E-state index contributed by atoms with van der Waals surface area (Å²) in [6, 6.07) is 22.9. The average Bonchev–Trinajstić information content (AvgIpc) is 2.97. The third-order valence-corrected chi connectivity index (χ3v) is 6.70. The smallest absolute Gasteiger partial charge is 1.00 e. The molecule has 0 N–H and O–H groups in total. The Kier molecular flexibility index (Phi) is 16.3. The summed E-state index contributed by atoms with van der Waals surface area (Å²) in [5, 5.41) is 3.16. The van der Waals surface area contributed by atoms with Gasteiger partial charge in [0.2, 0.25) is 0 Å². The van der Waals surface area contributed by atoms with Crippen LogP contribution in [0.1, 0.15) is 42.9 Å². The third kappa shape index (κ3) is 8.69. The van der Waals surface area contributed by atoms with E-state index in [0.29, 0.717) is 0 Å². The van der Waals surface area contributed by atoms with Crippen LogP contribution in [0.4, 0.5) is 0 Å². The Morgan fingerprint density at radius 1 is 0.828 bits per heavy atom. The summed E-state index contributed by atoms with van der Waals surface area (Å²) in [4.78, 5) is 0. The molecule has 0 spiro atoms. The number of hydrogen-bond donors (Lipinski definition) is 0. The molecule has 0 aliphatic heterocycles. The van der Waals surface area contributed by atoms with Crippen molar-refractivity contribution >= 4 is 19.9 Å². The monoisotopic (exact) mass is 498 g/mol. The quantitative estimate of drug-likeness (QED) is 0.175. The fourth-order valence-electron chi connectivity index (χ4n) is 3.86. The first-order valence-corrected chi connectivity index (χ1v) is 11.0. The number of rotatable bonds is 7. The van der Waals surface area contributed by atoms with Gasteiger partial charge < -0.3 is 37.2 Å². The van der Waals surface area contributed by atoms with Crippen molar-refractivity contribution < 1.29 is 58.9 Å². The molecule has 0 amide bonds. The number of benzene rings is 2. The predicted molar refractivity (Wildman–Crippen MR) is 114 cm³/mol. The van der Waals surface area contributed by atoms with E-state index >= 15 is 0 Å². The summed E-state index contributed by atoms with van der Waals surface area (Å²) in [6.07, 6.45) is 5.11. The molecule has 0 heterocycles. The first-order valence-electron chi connectivity index (χ1n) is 9.57. The van der Waals surface area contributed by atoms with Crippen molar-refractivity contribution in [3.05, 3.63) is 77.4 Å². The van der Waals surface area contributed by atoms with Gasteiger partial charge >= 0.3 is 21.7 Å². The van der Waals surface area contributed by atoms with E-state index in [1.807, 2.05) is 0 Å². The van der Waals surface area contributed by atoms with Gasteiger partial charge in [0.15, 0.2) is 0 Å². The Morgan fingerprint density at radius 3 is 2.03 bits per heavy atom.